The summed E-state index contributed by atoms with van der Waals surface area (Å²) in [6.45, 7) is 7.39. The molecule has 0 radical (unpaired) electrons. The molecular weight excluding hydrogens is 342 g/mol. The number of ether oxygens (including phenoxy) is 2. The van der Waals surface area contributed by atoms with E-state index < -0.39 is 0 Å². The molecule has 6 nitrogen and oxygen atoms in total. The van der Waals surface area contributed by atoms with Gasteiger partial charge in [0, 0.05) is 39.0 Å². The Hall–Kier alpha value is -1.63. The second-order valence-corrected chi connectivity index (χ2v) is 7.59. The number of amides is 2. The molecule has 150 valence electrons. The van der Waals surface area contributed by atoms with Crippen LogP contribution in [0.3, 0.4) is 0 Å². The van der Waals surface area contributed by atoms with Crippen LogP contribution in [0.2, 0.25) is 0 Å². The summed E-state index contributed by atoms with van der Waals surface area (Å²) < 4.78 is 10.5. The van der Waals surface area contributed by atoms with E-state index in [1.54, 1.807) is 7.11 Å². The fourth-order valence-corrected chi connectivity index (χ4v) is 3.91. The van der Waals surface area contributed by atoms with Gasteiger partial charge in [-0.15, -0.1) is 0 Å². The first kappa shape index (κ1) is 20.1. The molecule has 1 aromatic carbocycles. The molecule has 1 aromatic rings. The van der Waals surface area contributed by atoms with Gasteiger partial charge in [-0.2, -0.15) is 0 Å². The monoisotopic (exact) mass is 375 g/mol. The molecule has 6 heteroatoms. The van der Waals surface area contributed by atoms with Crippen molar-refractivity contribution in [3.8, 4) is 0 Å². The van der Waals surface area contributed by atoms with Crippen molar-refractivity contribution in [3.05, 3.63) is 29.8 Å². The molecule has 0 spiro atoms. The minimum absolute atomic E-state index is 0.0151. The Morgan fingerprint density at radius 3 is 2.52 bits per heavy atom. The summed E-state index contributed by atoms with van der Waals surface area (Å²) in [5.41, 5.74) is 1.95. The number of morpholine rings is 1. The Bertz CT molecular complexity index is 565. The van der Waals surface area contributed by atoms with Crippen LogP contribution in [0.4, 0.5) is 10.5 Å². The van der Waals surface area contributed by atoms with Crippen LogP contribution in [0, 0.1) is 5.92 Å². The highest BCUT2D eigenvalue weighted by atomic mass is 16.5. The first-order chi connectivity index (χ1) is 13.2. The lowest BCUT2D eigenvalue weighted by Crippen LogP contribution is -2.41. The molecule has 2 aliphatic heterocycles. The number of hydrogen-bond acceptors (Lipinski definition) is 4. The summed E-state index contributed by atoms with van der Waals surface area (Å²) in [6, 6.07) is 7.86. The lowest BCUT2D eigenvalue weighted by atomic mass is 9.92. The summed E-state index contributed by atoms with van der Waals surface area (Å²) in [6.07, 6.45) is 4.76. The molecule has 2 fully saturated rings. The van der Waals surface area contributed by atoms with Crippen molar-refractivity contribution in [2.45, 2.75) is 32.3 Å². The molecule has 0 aromatic heterocycles. The number of nitrogens with zero attached hydrogens (tertiary/aromatic N) is 2. The van der Waals surface area contributed by atoms with Gasteiger partial charge in [0.25, 0.3) is 0 Å². The number of urea groups is 1. The molecule has 3 rings (SSSR count). The van der Waals surface area contributed by atoms with Crippen molar-refractivity contribution in [3.63, 3.8) is 0 Å². The second-order valence-electron chi connectivity index (χ2n) is 7.59. The van der Waals surface area contributed by atoms with Gasteiger partial charge in [0.05, 0.1) is 19.8 Å². The van der Waals surface area contributed by atoms with Gasteiger partial charge in [-0.05, 0) is 55.8 Å². The average Bonchev–Trinajstić information content (AvgIpc) is 2.71. The number of likely N-dealkylation sites (tertiary alicyclic amines) is 1. The van der Waals surface area contributed by atoms with Gasteiger partial charge in [-0.1, -0.05) is 12.1 Å². The molecule has 2 aliphatic rings. The Morgan fingerprint density at radius 1 is 1.15 bits per heavy atom. The molecule has 0 atom stereocenters. The third kappa shape index (κ3) is 6.48. The van der Waals surface area contributed by atoms with Gasteiger partial charge in [-0.25, -0.2) is 4.79 Å². The Morgan fingerprint density at radius 2 is 1.85 bits per heavy atom. The van der Waals surface area contributed by atoms with Crippen LogP contribution < -0.4 is 5.32 Å². The SMILES string of the molecule is COCc1ccc(NC(=O)N2CCC(CCCN3CCOCC3)CC2)cc1. The first-order valence-electron chi connectivity index (χ1n) is 10.2. The highest BCUT2D eigenvalue weighted by molar-refractivity contribution is 5.89. The predicted molar refractivity (Wildman–Crippen MR) is 107 cm³/mol. The van der Waals surface area contributed by atoms with Crippen LogP contribution in [0.5, 0.6) is 0 Å². The number of benzene rings is 1. The van der Waals surface area contributed by atoms with Crippen molar-refractivity contribution in [2.24, 2.45) is 5.92 Å². The minimum Gasteiger partial charge on any atom is -0.380 e. The van der Waals surface area contributed by atoms with Crippen LogP contribution in [0.25, 0.3) is 0 Å². The Labute approximate surface area is 162 Å². The van der Waals surface area contributed by atoms with Crippen molar-refractivity contribution < 1.29 is 14.3 Å². The molecule has 0 saturated carbocycles. The topological polar surface area (TPSA) is 54.0 Å². The van der Waals surface area contributed by atoms with Crippen molar-refractivity contribution in [1.29, 1.82) is 0 Å². The lowest BCUT2D eigenvalue weighted by Gasteiger charge is -2.33. The maximum Gasteiger partial charge on any atom is 0.321 e. The van der Waals surface area contributed by atoms with E-state index in [1.807, 2.05) is 29.2 Å². The number of anilines is 1. The zero-order chi connectivity index (χ0) is 18.9. The van der Waals surface area contributed by atoms with Crippen LogP contribution in [0.1, 0.15) is 31.2 Å². The minimum atomic E-state index is 0.0151. The molecule has 0 bridgehead atoms. The molecule has 0 unspecified atom stereocenters. The molecule has 0 aliphatic carbocycles. The fraction of sp³-hybridized carbons (Fsp3) is 0.667. The third-order valence-corrected chi connectivity index (χ3v) is 5.61. The van der Waals surface area contributed by atoms with E-state index in [4.69, 9.17) is 9.47 Å². The van der Waals surface area contributed by atoms with Crippen molar-refractivity contribution in [1.82, 2.24) is 9.80 Å². The molecule has 27 heavy (non-hydrogen) atoms. The van der Waals surface area contributed by atoms with Crippen molar-refractivity contribution in [2.75, 3.05) is 58.4 Å². The van der Waals surface area contributed by atoms with Crippen molar-refractivity contribution >= 4 is 11.7 Å². The maximum absolute atomic E-state index is 12.5. The molecule has 2 amide bonds. The van der Waals surface area contributed by atoms with Gasteiger partial charge in [0.2, 0.25) is 0 Å². The number of nitrogens with one attached hydrogen (secondary N) is 1. The normalized spacial score (nSPS) is 19.2. The molecule has 1 N–H and O–H groups in total. The molecule has 2 saturated heterocycles. The average molecular weight is 376 g/mol. The maximum atomic E-state index is 12.5. The van der Waals surface area contributed by atoms with E-state index in [0.717, 1.165) is 69.4 Å². The summed E-state index contributed by atoms with van der Waals surface area (Å²) >= 11 is 0. The summed E-state index contributed by atoms with van der Waals surface area (Å²) in [5, 5.41) is 3.01. The quantitative estimate of drug-likeness (QED) is 0.795. The van der Waals surface area contributed by atoms with Crippen LogP contribution >= 0.6 is 0 Å². The smallest absolute Gasteiger partial charge is 0.321 e. The second kappa shape index (κ2) is 10.6. The number of piperidine rings is 1. The zero-order valence-electron chi connectivity index (χ0n) is 16.5. The Balaban J connectivity index is 1.33. The number of carbonyl (C=O) groups is 1. The number of methoxy groups -OCH3 is 1. The standard InChI is InChI=1S/C21H33N3O3/c1-26-17-19-4-6-20(7-5-19)22-21(25)24-11-8-18(9-12-24)3-2-10-23-13-15-27-16-14-23/h4-7,18H,2-3,8-17H2,1H3,(H,22,25). The van der Waals surface area contributed by atoms with Crippen LogP contribution in [0.15, 0.2) is 24.3 Å². The van der Waals surface area contributed by atoms with Gasteiger partial charge >= 0.3 is 6.03 Å². The predicted octanol–water partition coefficient (Wildman–Crippen LogP) is 3.19. The summed E-state index contributed by atoms with van der Waals surface area (Å²) in [4.78, 5) is 16.9. The van der Waals surface area contributed by atoms with E-state index >= 15 is 0 Å². The highest BCUT2D eigenvalue weighted by Gasteiger charge is 2.23. The summed E-state index contributed by atoms with van der Waals surface area (Å²) in [7, 11) is 1.68. The van der Waals surface area contributed by atoms with Gasteiger partial charge in [0.1, 0.15) is 0 Å². The lowest BCUT2D eigenvalue weighted by molar-refractivity contribution is 0.0363. The molecular formula is C21H33N3O3. The van der Waals surface area contributed by atoms with E-state index in [1.165, 1.54) is 19.4 Å². The van der Waals surface area contributed by atoms with E-state index in [-0.39, 0.29) is 6.03 Å². The molecule has 2 heterocycles. The fourth-order valence-electron chi connectivity index (χ4n) is 3.91. The number of rotatable bonds is 7. The first-order valence-corrected chi connectivity index (χ1v) is 10.2. The van der Waals surface area contributed by atoms with Gasteiger partial charge < -0.3 is 19.7 Å². The number of carbonyl (C=O) groups excluding carboxylic acids is 1. The third-order valence-electron chi connectivity index (χ3n) is 5.61. The van der Waals surface area contributed by atoms with E-state index in [2.05, 4.69) is 10.2 Å². The van der Waals surface area contributed by atoms with Gasteiger partial charge in [-0.3, -0.25) is 4.90 Å². The van der Waals surface area contributed by atoms with Crippen LogP contribution in [-0.2, 0) is 16.1 Å². The number of hydrogen-bond donors (Lipinski definition) is 1. The van der Waals surface area contributed by atoms with E-state index in [0.29, 0.717) is 6.61 Å². The van der Waals surface area contributed by atoms with E-state index in [9.17, 15) is 4.79 Å². The Kier molecular flexibility index (Phi) is 7.93. The summed E-state index contributed by atoms with van der Waals surface area (Å²) in [5.74, 6) is 0.753. The highest BCUT2D eigenvalue weighted by Crippen LogP contribution is 2.23. The van der Waals surface area contributed by atoms with Crippen LogP contribution in [-0.4, -0.2) is 68.9 Å². The van der Waals surface area contributed by atoms with Gasteiger partial charge in [0.15, 0.2) is 0 Å². The largest absolute Gasteiger partial charge is 0.380 e. The zero-order valence-corrected chi connectivity index (χ0v) is 16.5.